The van der Waals surface area contributed by atoms with E-state index in [1.165, 1.54) is 109 Å². The van der Waals surface area contributed by atoms with Crippen molar-refractivity contribution in [3.8, 4) is 44.5 Å². The van der Waals surface area contributed by atoms with Gasteiger partial charge in [0.05, 0.1) is 0 Å². The van der Waals surface area contributed by atoms with Crippen LogP contribution in [0.3, 0.4) is 0 Å². The van der Waals surface area contributed by atoms with Crippen molar-refractivity contribution in [1.82, 2.24) is 0 Å². The molecule has 0 aromatic heterocycles. The van der Waals surface area contributed by atoms with Gasteiger partial charge in [0.2, 0.25) is 0 Å². The van der Waals surface area contributed by atoms with Crippen molar-refractivity contribution in [2.75, 3.05) is 0 Å². The van der Waals surface area contributed by atoms with Crippen molar-refractivity contribution in [3.63, 3.8) is 0 Å². The molecule has 0 saturated heterocycles. The Morgan fingerprint density at radius 3 is 1.11 bits per heavy atom. The fraction of sp³-hybridized carbons (Fsp3) is 0.0566. The van der Waals surface area contributed by atoms with Gasteiger partial charge in [0.25, 0.3) is 0 Å². The van der Waals surface area contributed by atoms with Gasteiger partial charge in [-0.3, -0.25) is 0 Å². The summed E-state index contributed by atoms with van der Waals surface area (Å²) in [5.41, 5.74) is 13.2. The molecule has 0 heterocycles. The van der Waals surface area contributed by atoms with Crippen LogP contribution in [0, 0.1) is 0 Å². The molecule has 0 heteroatoms. The zero-order valence-corrected chi connectivity index (χ0v) is 29.8. The molecular formula is C53H36. The number of hydrogen-bond donors (Lipinski definition) is 0. The molecule has 248 valence electrons. The summed E-state index contributed by atoms with van der Waals surface area (Å²) < 4.78 is 0. The summed E-state index contributed by atoms with van der Waals surface area (Å²) in [4.78, 5) is 0. The first-order chi connectivity index (χ1) is 26.1. The Morgan fingerprint density at radius 1 is 0.264 bits per heavy atom. The molecule has 10 aromatic carbocycles. The van der Waals surface area contributed by atoms with Crippen molar-refractivity contribution in [1.29, 1.82) is 0 Å². The van der Waals surface area contributed by atoms with Gasteiger partial charge in [0, 0.05) is 5.41 Å². The average Bonchev–Trinajstić information content (AvgIpc) is 3.45. The minimum absolute atomic E-state index is 0.116. The summed E-state index contributed by atoms with van der Waals surface area (Å²) in [5, 5.41) is 12.8. The van der Waals surface area contributed by atoms with E-state index in [1.54, 1.807) is 0 Å². The highest BCUT2D eigenvalue weighted by Gasteiger charge is 2.37. The maximum atomic E-state index is 2.53. The fourth-order valence-electron chi connectivity index (χ4n) is 9.76. The number of rotatable bonds is 3. The first-order valence-corrected chi connectivity index (χ1v) is 18.7. The molecule has 10 aromatic rings. The van der Waals surface area contributed by atoms with E-state index in [0.717, 1.165) is 0 Å². The van der Waals surface area contributed by atoms with E-state index >= 15 is 0 Å². The van der Waals surface area contributed by atoms with E-state index in [9.17, 15) is 0 Å². The molecule has 0 amide bonds. The SMILES string of the molecule is CC1(C)c2ccccc2-c2c1cc(-c1c3ccccc3c(-c3c4ccccc4c(-c4ccccc4)c4ccccc34)c3ccccc13)c1ccccc21. The monoisotopic (exact) mass is 672 g/mol. The van der Waals surface area contributed by atoms with Crippen LogP contribution in [0.4, 0.5) is 0 Å². The minimum atomic E-state index is -0.116. The van der Waals surface area contributed by atoms with Crippen LogP contribution in [-0.4, -0.2) is 0 Å². The molecule has 0 N–H and O–H groups in total. The summed E-state index contributed by atoms with van der Waals surface area (Å²) in [6.07, 6.45) is 0. The molecule has 0 radical (unpaired) electrons. The van der Waals surface area contributed by atoms with Gasteiger partial charge in [-0.1, -0.05) is 190 Å². The lowest BCUT2D eigenvalue weighted by Crippen LogP contribution is -2.15. The highest BCUT2D eigenvalue weighted by molar-refractivity contribution is 6.31. The van der Waals surface area contributed by atoms with Crippen LogP contribution >= 0.6 is 0 Å². The maximum absolute atomic E-state index is 2.53. The first kappa shape index (κ1) is 30.2. The number of fused-ring (bicyclic) bond motifs is 9. The molecule has 0 bridgehead atoms. The molecule has 0 atom stereocenters. The van der Waals surface area contributed by atoms with Gasteiger partial charge in [-0.05, 0) is 116 Å². The topological polar surface area (TPSA) is 0 Å². The van der Waals surface area contributed by atoms with E-state index < -0.39 is 0 Å². The van der Waals surface area contributed by atoms with Crippen molar-refractivity contribution < 1.29 is 0 Å². The van der Waals surface area contributed by atoms with E-state index in [2.05, 4.69) is 196 Å². The summed E-state index contributed by atoms with van der Waals surface area (Å²) in [6.45, 7) is 4.79. The van der Waals surface area contributed by atoms with Crippen LogP contribution < -0.4 is 0 Å². The van der Waals surface area contributed by atoms with Crippen LogP contribution in [0.2, 0.25) is 0 Å². The van der Waals surface area contributed by atoms with E-state index in [1.807, 2.05) is 0 Å². The largest absolute Gasteiger partial charge is 0.0622 e. The van der Waals surface area contributed by atoms with E-state index in [-0.39, 0.29) is 5.41 Å². The lowest BCUT2D eigenvalue weighted by molar-refractivity contribution is 0.661. The summed E-state index contributed by atoms with van der Waals surface area (Å²) >= 11 is 0. The second-order valence-electron chi connectivity index (χ2n) is 15.1. The van der Waals surface area contributed by atoms with Crippen molar-refractivity contribution in [2.45, 2.75) is 19.3 Å². The molecule has 1 aliphatic rings. The van der Waals surface area contributed by atoms with Crippen molar-refractivity contribution >= 4 is 53.9 Å². The molecule has 0 fully saturated rings. The Labute approximate surface area is 309 Å². The molecular weight excluding hydrogens is 637 g/mol. The van der Waals surface area contributed by atoms with Gasteiger partial charge in [-0.15, -0.1) is 0 Å². The lowest BCUT2D eigenvalue weighted by Gasteiger charge is -2.25. The molecule has 0 aliphatic heterocycles. The smallest absolute Gasteiger partial charge is 0.0159 e. The minimum Gasteiger partial charge on any atom is -0.0622 e. The third-order valence-corrected chi connectivity index (χ3v) is 12.0. The quantitative estimate of drug-likeness (QED) is 0.164. The van der Waals surface area contributed by atoms with Gasteiger partial charge in [-0.25, -0.2) is 0 Å². The van der Waals surface area contributed by atoms with Crippen molar-refractivity contribution in [3.05, 3.63) is 193 Å². The van der Waals surface area contributed by atoms with Crippen LogP contribution in [-0.2, 0) is 5.41 Å². The Balaban J connectivity index is 1.31. The number of benzene rings is 10. The average molecular weight is 673 g/mol. The highest BCUT2D eigenvalue weighted by atomic mass is 14.4. The molecule has 1 aliphatic carbocycles. The predicted molar refractivity (Wildman–Crippen MR) is 228 cm³/mol. The zero-order chi connectivity index (χ0) is 35.3. The lowest BCUT2D eigenvalue weighted by atomic mass is 9.78. The van der Waals surface area contributed by atoms with Gasteiger partial charge in [-0.2, -0.15) is 0 Å². The van der Waals surface area contributed by atoms with Crippen molar-refractivity contribution in [2.24, 2.45) is 0 Å². The molecule has 0 spiro atoms. The second-order valence-corrected chi connectivity index (χ2v) is 15.1. The van der Waals surface area contributed by atoms with Gasteiger partial charge in [0.1, 0.15) is 0 Å². The summed E-state index contributed by atoms with van der Waals surface area (Å²) in [5.74, 6) is 0. The Hall–Kier alpha value is -6.50. The third kappa shape index (κ3) is 4.18. The summed E-state index contributed by atoms with van der Waals surface area (Å²) in [7, 11) is 0. The van der Waals surface area contributed by atoms with Crippen LogP contribution in [0.1, 0.15) is 25.0 Å². The Kier molecular flexibility index (Phi) is 6.40. The fourth-order valence-corrected chi connectivity index (χ4v) is 9.76. The Bertz CT molecular complexity index is 3010. The van der Waals surface area contributed by atoms with Crippen LogP contribution in [0.25, 0.3) is 98.4 Å². The second kappa shape index (κ2) is 11.2. The molecule has 0 nitrogen and oxygen atoms in total. The first-order valence-electron chi connectivity index (χ1n) is 18.7. The van der Waals surface area contributed by atoms with Crippen LogP contribution in [0.5, 0.6) is 0 Å². The summed E-state index contributed by atoms with van der Waals surface area (Å²) in [6, 6.07) is 67.8. The highest BCUT2D eigenvalue weighted by Crippen LogP contribution is 2.55. The predicted octanol–water partition coefficient (Wildman–Crippen LogP) is 14.8. The van der Waals surface area contributed by atoms with Gasteiger partial charge >= 0.3 is 0 Å². The maximum Gasteiger partial charge on any atom is 0.0159 e. The third-order valence-electron chi connectivity index (χ3n) is 12.0. The normalized spacial score (nSPS) is 13.2. The number of hydrogen-bond acceptors (Lipinski definition) is 0. The van der Waals surface area contributed by atoms with Gasteiger partial charge < -0.3 is 0 Å². The van der Waals surface area contributed by atoms with E-state index in [4.69, 9.17) is 0 Å². The molecule has 0 saturated carbocycles. The molecule has 11 rings (SSSR count). The standard InChI is InChI=1S/C53H36/c1-53(2)46-31-17-16-30-44(46)50-35-21-7-6-20-34(35)45(32-47(50)53)49-38-24-10-14-28-42(38)52(43-29-15-11-25-39(43)49)51-40-26-12-8-22-36(40)48(33-18-4-3-5-19-33)37-23-9-13-27-41(37)51/h3-32H,1-2H3. The van der Waals surface area contributed by atoms with Crippen LogP contribution in [0.15, 0.2) is 182 Å². The zero-order valence-electron chi connectivity index (χ0n) is 29.8. The Morgan fingerprint density at radius 2 is 0.623 bits per heavy atom. The van der Waals surface area contributed by atoms with Gasteiger partial charge in [0.15, 0.2) is 0 Å². The van der Waals surface area contributed by atoms with E-state index in [0.29, 0.717) is 0 Å². The molecule has 0 unspecified atom stereocenters. The molecule has 53 heavy (non-hydrogen) atoms.